The maximum absolute atomic E-state index is 12.2. The van der Waals surface area contributed by atoms with Crippen molar-refractivity contribution < 1.29 is 14.3 Å². The Kier molecular flexibility index (Phi) is 6.38. The molecule has 0 unspecified atom stereocenters. The van der Waals surface area contributed by atoms with Gasteiger partial charge < -0.3 is 14.5 Å². The van der Waals surface area contributed by atoms with Gasteiger partial charge in [-0.3, -0.25) is 4.79 Å². The number of carbonyl (C=O) groups is 2. The smallest absolute Gasteiger partial charge is 0.331 e. The third-order valence-corrected chi connectivity index (χ3v) is 4.45. The van der Waals surface area contributed by atoms with Crippen molar-refractivity contribution in [3.8, 4) is 0 Å². The van der Waals surface area contributed by atoms with Crippen molar-refractivity contribution in [3.63, 3.8) is 0 Å². The molecule has 1 saturated heterocycles. The number of anilines is 1. The van der Waals surface area contributed by atoms with Gasteiger partial charge in [0, 0.05) is 49.7 Å². The zero-order valence-corrected chi connectivity index (χ0v) is 15.4. The Morgan fingerprint density at radius 3 is 2.48 bits per heavy atom. The van der Waals surface area contributed by atoms with Gasteiger partial charge in [0.25, 0.3) is 5.91 Å². The Morgan fingerprint density at radius 1 is 1.07 bits per heavy atom. The molecule has 2 heterocycles. The van der Waals surface area contributed by atoms with E-state index in [1.165, 1.54) is 6.08 Å². The van der Waals surface area contributed by atoms with Crippen LogP contribution in [0.5, 0.6) is 0 Å². The SMILES string of the molecule is O=C(/C=C/c1ccccc1Cl)OCC(=O)N1CCN(c2ncccn2)CC1. The van der Waals surface area contributed by atoms with Crippen LogP contribution in [0.25, 0.3) is 6.08 Å². The predicted octanol–water partition coefficient (Wildman–Crippen LogP) is 2.04. The third-order valence-electron chi connectivity index (χ3n) is 4.11. The van der Waals surface area contributed by atoms with Gasteiger partial charge in [0.1, 0.15) is 0 Å². The first kappa shape index (κ1) is 18.8. The first-order valence-electron chi connectivity index (χ1n) is 8.52. The Hall–Kier alpha value is -2.93. The second kappa shape index (κ2) is 9.14. The number of halogens is 1. The number of hydrogen-bond acceptors (Lipinski definition) is 6. The van der Waals surface area contributed by atoms with Gasteiger partial charge in [0.05, 0.1) is 0 Å². The van der Waals surface area contributed by atoms with Crippen molar-refractivity contribution in [1.29, 1.82) is 0 Å². The van der Waals surface area contributed by atoms with Crippen molar-refractivity contribution >= 4 is 35.5 Å². The van der Waals surface area contributed by atoms with Crippen LogP contribution in [0.1, 0.15) is 5.56 Å². The summed E-state index contributed by atoms with van der Waals surface area (Å²) in [7, 11) is 0. The summed E-state index contributed by atoms with van der Waals surface area (Å²) < 4.78 is 5.03. The minimum absolute atomic E-state index is 0.219. The van der Waals surface area contributed by atoms with Crippen LogP contribution in [0.2, 0.25) is 5.02 Å². The van der Waals surface area contributed by atoms with Crippen LogP contribution in [-0.4, -0.2) is 59.5 Å². The number of ether oxygens (including phenoxy) is 1. The molecule has 1 aliphatic heterocycles. The van der Waals surface area contributed by atoms with E-state index in [0.29, 0.717) is 42.7 Å². The molecule has 0 atom stereocenters. The Balaban J connectivity index is 1.43. The third kappa shape index (κ3) is 5.27. The summed E-state index contributed by atoms with van der Waals surface area (Å²) in [5, 5.41) is 0.540. The van der Waals surface area contributed by atoms with Gasteiger partial charge in [0.2, 0.25) is 5.95 Å². The number of carbonyl (C=O) groups excluding carboxylic acids is 2. The molecule has 7 nitrogen and oxygen atoms in total. The quantitative estimate of drug-likeness (QED) is 0.578. The number of hydrogen-bond donors (Lipinski definition) is 0. The summed E-state index contributed by atoms with van der Waals surface area (Å²) >= 11 is 6.02. The summed E-state index contributed by atoms with van der Waals surface area (Å²) in [6, 6.07) is 8.90. The Bertz CT molecular complexity index is 821. The van der Waals surface area contributed by atoms with E-state index in [1.807, 2.05) is 11.0 Å². The maximum atomic E-state index is 12.2. The van der Waals surface area contributed by atoms with E-state index in [9.17, 15) is 9.59 Å². The largest absolute Gasteiger partial charge is 0.452 e. The van der Waals surface area contributed by atoms with E-state index in [4.69, 9.17) is 16.3 Å². The van der Waals surface area contributed by atoms with Gasteiger partial charge in [-0.25, -0.2) is 14.8 Å². The maximum Gasteiger partial charge on any atom is 0.331 e. The molecule has 0 N–H and O–H groups in total. The van der Waals surface area contributed by atoms with E-state index in [-0.39, 0.29) is 12.5 Å². The van der Waals surface area contributed by atoms with Crippen LogP contribution in [0, 0.1) is 0 Å². The number of esters is 1. The molecule has 3 rings (SSSR count). The van der Waals surface area contributed by atoms with Gasteiger partial charge in [0.15, 0.2) is 6.61 Å². The van der Waals surface area contributed by atoms with E-state index in [2.05, 4.69) is 9.97 Å². The second-order valence-corrected chi connectivity index (χ2v) is 6.29. The molecule has 27 heavy (non-hydrogen) atoms. The fraction of sp³-hybridized carbons (Fsp3) is 0.263. The summed E-state index contributed by atoms with van der Waals surface area (Å²) in [5.74, 6) is -0.150. The van der Waals surface area contributed by atoms with Gasteiger partial charge in [-0.05, 0) is 23.8 Å². The molecule has 1 aromatic heterocycles. The average molecular weight is 387 g/mol. The van der Waals surface area contributed by atoms with Crippen LogP contribution >= 0.6 is 11.6 Å². The van der Waals surface area contributed by atoms with Gasteiger partial charge in [-0.15, -0.1) is 0 Å². The van der Waals surface area contributed by atoms with Crippen molar-refractivity contribution in [3.05, 3.63) is 59.4 Å². The van der Waals surface area contributed by atoms with E-state index >= 15 is 0 Å². The molecule has 0 saturated carbocycles. The van der Waals surface area contributed by atoms with Gasteiger partial charge >= 0.3 is 5.97 Å². The highest BCUT2D eigenvalue weighted by atomic mass is 35.5. The fourth-order valence-electron chi connectivity index (χ4n) is 2.65. The molecule has 1 aliphatic rings. The highest BCUT2D eigenvalue weighted by Gasteiger charge is 2.22. The van der Waals surface area contributed by atoms with Crippen LogP contribution in [-0.2, 0) is 14.3 Å². The number of amides is 1. The van der Waals surface area contributed by atoms with Crippen molar-refractivity contribution in [1.82, 2.24) is 14.9 Å². The lowest BCUT2D eigenvalue weighted by molar-refractivity contribution is -0.148. The molecule has 8 heteroatoms. The van der Waals surface area contributed by atoms with Crippen molar-refractivity contribution in [2.75, 3.05) is 37.7 Å². The van der Waals surface area contributed by atoms with Crippen molar-refractivity contribution in [2.45, 2.75) is 0 Å². The number of rotatable bonds is 5. The second-order valence-electron chi connectivity index (χ2n) is 5.88. The van der Waals surface area contributed by atoms with Gasteiger partial charge in [-0.2, -0.15) is 0 Å². The molecule has 0 bridgehead atoms. The molecule has 0 aliphatic carbocycles. The summed E-state index contributed by atoms with van der Waals surface area (Å²) in [5.41, 5.74) is 0.710. The highest BCUT2D eigenvalue weighted by molar-refractivity contribution is 6.32. The standard InChI is InChI=1S/C19H19ClN4O3/c20-16-5-2-1-4-15(16)6-7-18(26)27-14-17(25)23-10-12-24(13-11-23)19-21-8-3-9-22-19/h1-9H,10-14H2/b7-6+. The van der Waals surface area contributed by atoms with E-state index in [1.54, 1.807) is 47.6 Å². The number of aromatic nitrogens is 2. The molecular formula is C19H19ClN4O3. The minimum Gasteiger partial charge on any atom is -0.452 e. The zero-order chi connectivity index (χ0) is 19.1. The molecule has 1 fully saturated rings. The monoisotopic (exact) mass is 386 g/mol. The topological polar surface area (TPSA) is 75.6 Å². The lowest BCUT2D eigenvalue weighted by atomic mass is 10.2. The molecule has 1 amide bonds. The van der Waals surface area contributed by atoms with E-state index in [0.717, 1.165) is 0 Å². The first-order chi connectivity index (χ1) is 13.1. The van der Waals surface area contributed by atoms with Crippen molar-refractivity contribution in [2.24, 2.45) is 0 Å². The highest BCUT2D eigenvalue weighted by Crippen LogP contribution is 2.16. The minimum atomic E-state index is -0.584. The zero-order valence-electron chi connectivity index (χ0n) is 14.6. The fourth-order valence-corrected chi connectivity index (χ4v) is 2.85. The number of nitrogens with zero attached hydrogens (tertiary/aromatic N) is 4. The normalized spacial score (nSPS) is 14.4. The molecule has 0 spiro atoms. The molecule has 2 aromatic rings. The summed E-state index contributed by atoms with van der Waals surface area (Å²) in [6.07, 6.45) is 6.21. The summed E-state index contributed by atoms with van der Waals surface area (Å²) in [4.78, 5) is 36.1. The summed E-state index contributed by atoms with van der Waals surface area (Å²) in [6.45, 7) is 2.05. The molecule has 1 aromatic carbocycles. The molecule has 140 valence electrons. The van der Waals surface area contributed by atoms with E-state index < -0.39 is 5.97 Å². The first-order valence-corrected chi connectivity index (χ1v) is 8.90. The van der Waals surface area contributed by atoms with Gasteiger partial charge in [-0.1, -0.05) is 29.8 Å². The molecule has 0 radical (unpaired) electrons. The number of benzene rings is 1. The van der Waals surface area contributed by atoms with Crippen LogP contribution in [0.3, 0.4) is 0 Å². The molecular weight excluding hydrogens is 368 g/mol. The van der Waals surface area contributed by atoms with Crippen LogP contribution in [0.15, 0.2) is 48.8 Å². The predicted molar refractivity (Wildman–Crippen MR) is 102 cm³/mol. The Labute approximate surface area is 162 Å². The van der Waals surface area contributed by atoms with Crippen LogP contribution in [0.4, 0.5) is 5.95 Å². The van der Waals surface area contributed by atoms with Crippen LogP contribution < -0.4 is 4.90 Å². The number of piperazine rings is 1. The Morgan fingerprint density at radius 2 is 1.78 bits per heavy atom. The lowest BCUT2D eigenvalue weighted by Gasteiger charge is -2.34. The lowest BCUT2D eigenvalue weighted by Crippen LogP contribution is -2.50. The average Bonchev–Trinajstić information content (AvgIpc) is 2.72.